The number of benzene rings is 3. The van der Waals surface area contributed by atoms with Crippen LogP contribution < -0.4 is 15.0 Å². The number of ether oxygens (including phenoxy) is 2. The summed E-state index contributed by atoms with van der Waals surface area (Å²) in [7, 11) is 0. The summed E-state index contributed by atoms with van der Waals surface area (Å²) in [5.74, 6) is 1.62. The number of aromatic nitrogens is 3. The van der Waals surface area contributed by atoms with Crippen LogP contribution in [0.25, 0.3) is 22.4 Å². The summed E-state index contributed by atoms with van der Waals surface area (Å²) in [6.07, 6.45) is 3.15. The summed E-state index contributed by atoms with van der Waals surface area (Å²) in [5, 5.41) is 8.23. The molecule has 0 radical (unpaired) electrons. The van der Waals surface area contributed by atoms with E-state index in [1.54, 1.807) is 6.26 Å². The Morgan fingerprint density at radius 1 is 0.952 bits per heavy atom. The van der Waals surface area contributed by atoms with E-state index in [9.17, 15) is 0 Å². The van der Waals surface area contributed by atoms with Gasteiger partial charge >= 0.3 is 0 Å². The molecule has 0 fully saturated rings. The molecule has 5 aromatic rings. The van der Waals surface area contributed by atoms with Crippen LogP contribution >= 0.6 is 11.6 Å². The molecule has 0 amide bonds. The minimum absolute atomic E-state index is 0.395. The number of halogens is 1. The van der Waals surface area contributed by atoms with Gasteiger partial charge in [0.05, 0.1) is 18.0 Å². The van der Waals surface area contributed by atoms with Crippen molar-refractivity contribution in [3.05, 3.63) is 119 Å². The Morgan fingerprint density at radius 2 is 1.76 bits per heavy atom. The summed E-state index contributed by atoms with van der Waals surface area (Å²) in [6.45, 7) is 6.81. The predicted octanol–water partition coefficient (Wildman–Crippen LogP) is 8.09. The van der Waals surface area contributed by atoms with E-state index in [0.29, 0.717) is 35.9 Å². The lowest BCUT2D eigenvalue weighted by Gasteiger charge is -2.23. The van der Waals surface area contributed by atoms with Gasteiger partial charge in [-0.25, -0.2) is 4.98 Å². The van der Waals surface area contributed by atoms with Crippen LogP contribution in [0.2, 0.25) is 5.02 Å². The van der Waals surface area contributed by atoms with Crippen LogP contribution in [0.1, 0.15) is 35.5 Å². The molecular formula is C33H30ClN5O3. The normalized spacial score (nSPS) is 14.2. The third-order valence-electron chi connectivity index (χ3n) is 7.12. The molecule has 0 saturated heterocycles. The lowest BCUT2D eigenvalue weighted by Crippen LogP contribution is -2.20. The highest BCUT2D eigenvalue weighted by Gasteiger charge is 2.29. The Morgan fingerprint density at radius 3 is 2.50 bits per heavy atom. The smallest absolute Gasteiger partial charge is 0.237 e. The molecule has 9 heteroatoms. The van der Waals surface area contributed by atoms with Crippen LogP contribution in [0.4, 0.5) is 11.8 Å². The molecule has 0 bridgehead atoms. The first-order valence-corrected chi connectivity index (χ1v) is 14.1. The molecule has 0 aliphatic carbocycles. The molecule has 1 unspecified atom stereocenters. The average molecular weight is 580 g/mol. The van der Waals surface area contributed by atoms with E-state index in [1.807, 2.05) is 80.4 Å². The van der Waals surface area contributed by atoms with Gasteiger partial charge in [-0.05, 0) is 55.7 Å². The molecule has 1 aliphatic rings. The van der Waals surface area contributed by atoms with E-state index in [0.717, 1.165) is 44.8 Å². The molecule has 3 aromatic carbocycles. The number of nitrogens with zero attached hydrogens (tertiary/aromatic N) is 4. The Labute approximate surface area is 249 Å². The maximum atomic E-state index is 6.11. The van der Waals surface area contributed by atoms with Crippen LogP contribution in [0.5, 0.6) is 5.88 Å². The van der Waals surface area contributed by atoms with Gasteiger partial charge in [0, 0.05) is 40.5 Å². The number of nitrogens with one attached hydrogen (secondary N) is 1. The second-order valence-corrected chi connectivity index (χ2v) is 10.3. The Kier molecular flexibility index (Phi) is 7.79. The lowest BCUT2D eigenvalue weighted by atomic mass is 9.96. The number of aryl methyl sites for hydroxylation is 1. The summed E-state index contributed by atoms with van der Waals surface area (Å²) in [6, 6.07) is 26.0. The maximum absolute atomic E-state index is 6.11. The molecule has 0 spiro atoms. The first kappa shape index (κ1) is 27.4. The molecule has 8 nitrogen and oxygen atoms in total. The highest BCUT2D eigenvalue weighted by Crippen LogP contribution is 2.37. The minimum atomic E-state index is -0.395. The highest BCUT2D eigenvalue weighted by molar-refractivity contribution is 6.30. The first-order chi connectivity index (χ1) is 20.5. The third kappa shape index (κ3) is 5.66. The van der Waals surface area contributed by atoms with Crippen molar-refractivity contribution in [1.29, 1.82) is 0 Å². The van der Waals surface area contributed by atoms with Crippen LogP contribution in [-0.2, 0) is 11.3 Å². The van der Waals surface area contributed by atoms with E-state index in [-0.39, 0.29) is 0 Å². The molecule has 42 heavy (non-hydrogen) atoms. The van der Waals surface area contributed by atoms with Gasteiger partial charge in [0.1, 0.15) is 6.26 Å². The van der Waals surface area contributed by atoms with E-state index in [2.05, 4.69) is 45.8 Å². The van der Waals surface area contributed by atoms with Crippen molar-refractivity contribution in [2.24, 2.45) is 0 Å². The van der Waals surface area contributed by atoms with Crippen LogP contribution in [0.15, 0.2) is 95.8 Å². The molecule has 0 saturated carbocycles. The predicted molar refractivity (Wildman–Crippen MR) is 164 cm³/mol. The molecule has 1 aliphatic heterocycles. The van der Waals surface area contributed by atoms with Gasteiger partial charge < -0.3 is 19.3 Å². The van der Waals surface area contributed by atoms with Crippen LogP contribution in [0.3, 0.4) is 0 Å². The topological polar surface area (TPSA) is 85.5 Å². The van der Waals surface area contributed by atoms with Gasteiger partial charge in [0.2, 0.25) is 23.9 Å². The van der Waals surface area contributed by atoms with E-state index < -0.39 is 6.23 Å². The zero-order chi connectivity index (χ0) is 29.1. The van der Waals surface area contributed by atoms with Gasteiger partial charge in [-0.1, -0.05) is 71.4 Å². The van der Waals surface area contributed by atoms with Crippen molar-refractivity contribution in [2.75, 3.05) is 16.8 Å². The molecule has 212 valence electrons. The number of rotatable bonds is 9. The van der Waals surface area contributed by atoms with Gasteiger partial charge in [0.25, 0.3) is 0 Å². The summed E-state index contributed by atoms with van der Waals surface area (Å²) >= 11 is 6.11. The molecule has 1 N–H and O–H groups in total. The molecule has 1 atom stereocenters. The Hall–Kier alpha value is -4.82. The van der Waals surface area contributed by atoms with Crippen molar-refractivity contribution in [2.45, 2.75) is 33.5 Å². The fourth-order valence-electron chi connectivity index (χ4n) is 4.86. The van der Waals surface area contributed by atoms with E-state index in [4.69, 9.17) is 30.6 Å². The largest absolute Gasteiger partial charge is 0.478 e. The minimum Gasteiger partial charge on any atom is -0.478 e. The first-order valence-electron chi connectivity index (χ1n) is 13.7. The van der Waals surface area contributed by atoms with Gasteiger partial charge in [-0.2, -0.15) is 4.98 Å². The van der Waals surface area contributed by atoms with Crippen molar-refractivity contribution < 1.29 is 14.0 Å². The Balaban J connectivity index is 1.34. The van der Waals surface area contributed by atoms with Gasteiger partial charge in [0.15, 0.2) is 0 Å². The lowest BCUT2D eigenvalue weighted by molar-refractivity contribution is 0.169. The third-order valence-corrected chi connectivity index (χ3v) is 7.37. The van der Waals surface area contributed by atoms with Crippen molar-refractivity contribution in [3.8, 4) is 28.3 Å². The number of hydrogen-bond acceptors (Lipinski definition) is 8. The molecule has 6 rings (SSSR count). The average Bonchev–Trinajstić information content (AvgIpc) is 3.63. The van der Waals surface area contributed by atoms with Crippen molar-refractivity contribution in [1.82, 2.24) is 15.1 Å². The fraction of sp³-hybridized carbons (Fsp3) is 0.182. The van der Waals surface area contributed by atoms with E-state index in [1.165, 1.54) is 0 Å². The Bertz CT molecular complexity index is 1720. The van der Waals surface area contributed by atoms with Crippen molar-refractivity contribution >= 4 is 23.4 Å². The summed E-state index contributed by atoms with van der Waals surface area (Å²) in [4.78, 5) is 11.4. The highest BCUT2D eigenvalue weighted by atomic mass is 35.5. The summed E-state index contributed by atoms with van der Waals surface area (Å²) < 4.78 is 17.4. The second kappa shape index (κ2) is 12.0. The standard InChI is InChI=1S/C33H30ClN5O3/c1-4-40-30-19-29(24-10-13-27(34)14-11-24)36-33(37-30)35-20-26-18-25(12-15-28(26)23-8-6-5-7-9-23)32-39(16-17-41-32)31-21(2)22(3)38-42-31/h5-19,32H,4,20H2,1-3H3,(H,35,36,37). The molecule has 2 aromatic heterocycles. The monoisotopic (exact) mass is 579 g/mol. The second-order valence-electron chi connectivity index (χ2n) is 9.87. The quantitative estimate of drug-likeness (QED) is 0.187. The fourth-order valence-corrected chi connectivity index (χ4v) is 4.98. The molecule has 3 heterocycles. The van der Waals surface area contributed by atoms with E-state index >= 15 is 0 Å². The van der Waals surface area contributed by atoms with Gasteiger partial charge in [-0.3, -0.25) is 4.90 Å². The van der Waals surface area contributed by atoms with Gasteiger partial charge in [-0.15, -0.1) is 0 Å². The zero-order valence-corrected chi connectivity index (χ0v) is 24.3. The van der Waals surface area contributed by atoms with Crippen LogP contribution in [0, 0.1) is 13.8 Å². The van der Waals surface area contributed by atoms with Crippen molar-refractivity contribution in [3.63, 3.8) is 0 Å². The number of anilines is 2. The molecular weight excluding hydrogens is 550 g/mol. The SMILES string of the molecule is CCOc1cc(-c2ccc(Cl)cc2)nc(NCc2cc(C3OC=CN3c3onc(C)c3C)ccc2-c2ccccc2)n1. The van der Waals surface area contributed by atoms with Crippen LogP contribution in [-0.4, -0.2) is 21.7 Å². The maximum Gasteiger partial charge on any atom is 0.237 e. The zero-order valence-electron chi connectivity index (χ0n) is 23.5. The number of hydrogen-bond donors (Lipinski definition) is 1. The summed E-state index contributed by atoms with van der Waals surface area (Å²) in [5.41, 5.74) is 7.70.